The van der Waals surface area contributed by atoms with Crippen LogP contribution in [0.25, 0.3) is 10.8 Å². The van der Waals surface area contributed by atoms with Gasteiger partial charge in [-0.1, -0.05) is 36.1 Å². The second-order valence-electron chi connectivity index (χ2n) is 4.39. The van der Waals surface area contributed by atoms with Gasteiger partial charge in [0.25, 0.3) is 0 Å². The minimum absolute atomic E-state index is 0.828. The Labute approximate surface area is 107 Å². The van der Waals surface area contributed by atoms with Crippen molar-refractivity contribution in [2.45, 2.75) is 19.3 Å². The lowest BCUT2D eigenvalue weighted by molar-refractivity contribution is 1.02. The van der Waals surface area contributed by atoms with Gasteiger partial charge in [-0.15, -0.1) is 0 Å². The van der Waals surface area contributed by atoms with Gasteiger partial charge in [0.05, 0.1) is 0 Å². The van der Waals surface area contributed by atoms with Crippen LogP contribution in [-0.4, -0.2) is 5.75 Å². The van der Waals surface area contributed by atoms with Crippen molar-refractivity contribution in [1.29, 1.82) is 0 Å². The molecule has 0 aliphatic heterocycles. The molecule has 1 aliphatic carbocycles. The van der Waals surface area contributed by atoms with Crippen molar-refractivity contribution in [3.63, 3.8) is 0 Å². The van der Waals surface area contributed by atoms with E-state index < -0.39 is 0 Å². The first kappa shape index (κ1) is 10.7. The first-order valence-corrected chi connectivity index (χ1v) is 6.66. The van der Waals surface area contributed by atoms with E-state index in [9.17, 15) is 0 Å². The van der Waals surface area contributed by atoms with Gasteiger partial charge >= 0.3 is 0 Å². The van der Waals surface area contributed by atoms with E-state index in [1.54, 1.807) is 0 Å². The zero-order chi connectivity index (χ0) is 11.7. The molecule has 0 N–H and O–H groups in total. The van der Waals surface area contributed by atoms with Crippen LogP contribution in [-0.2, 0) is 12.8 Å². The number of benzene rings is 2. The van der Waals surface area contributed by atoms with Crippen LogP contribution in [0.15, 0.2) is 30.3 Å². The molecular weight excluding hydrogens is 224 g/mol. The maximum absolute atomic E-state index is 4.18. The van der Waals surface area contributed by atoms with E-state index >= 15 is 0 Å². The van der Waals surface area contributed by atoms with E-state index in [2.05, 4.69) is 54.8 Å². The Kier molecular flexibility index (Phi) is 2.82. The Hall–Kier alpha value is -1.39. The third-order valence-electron chi connectivity index (χ3n) is 3.34. The van der Waals surface area contributed by atoms with Crippen LogP contribution in [0.1, 0.15) is 23.1 Å². The Bertz CT molecular complexity index is 619. The number of rotatable bonds is 1. The summed E-state index contributed by atoms with van der Waals surface area (Å²) < 4.78 is 0. The largest absolute Gasteiger partial charge is 0.178 e. The van der Waals surface area contributed by atoms with Crippen LogP contribution in [0.3, 0.4) is 0 Å². The molecule has 17 heavy (non-hydrogen) atoms. The lowest BCUT2D eigenvalue weighted by atomic mass is 10.0. The summed E-state index contributed by atoms with van der Waals surface area (Å²) in [5.74, 6) is 7.28. The molecule has 3 rings (SSSR count). The molecule has 0 unspecified atom stereocenters. The van der Waals surface area contributed by atoms with Crippen LogP contribution in [0.5, 0.6) is 0 Å². The molecule has 0 aromatic heterocycles. The predicted molar refractivity (Wildman–Crippen MR) is 76.7 cm³/mol. The first-order chi connectivity index (χ1) is 8.40. The highest BCUT2D eigenvalue weighted by Gasteiger charge is 2.14. The molecule has 0 atom stereocenters. The summed E-state index contributed by atoms with van der Waals surface area (Å²) in [5.41, 5.74) is 4.12. The summed E-state index contributed by atoms with van der Waals surface area (Å²) in [6, 6.07) is 11.0. The molecule has 0 fully saturated rings. The third-order valence-corrected chi connectivity index (χ3v) is 3.56. The van der Waals surface area contributed by atoms with Gasteiger partial charge in [0.2, 0.25) is 0 Å². The zero-order valence-corrected chi connectivity index (χ0v) is 10.6. The van der Waals surface area contributed by atoms with Crippen molar-refractivity contribution < 1.29 is 0 Å². The maximum Gasteiger partial charge on any atom is 0.0324 e. The molecular formula is C16H14S. The standard InChI is InChI=1S/C16H14S/c17-11-2-1-4-12-7-8-14-10-9-13-5-3-6-15(12)16(13)14/h3,5-8,17H,2,9-11H2. The molecule has 0 nitrogen and oxygen atoms in total. The quantitative estimate of drug-likeness (QED) is 0.569. The Morgan fingerprint density at radius 1 is 1.06 bits per heavy atom. The van der Waals surface area contributed by atoms with Crippen LogP contribution in [0.4, 0.5) is 0 Å². The molecule has 84 valence electrons. The van der Waals surface area contributed by atoms with Gasteiger partial charge in [0, 0.05) is 17.7 Å². The van der Waals surface area contributed by atoms with Gasteiger partial charge in [0.1, 0.15) is 0 Å². The van der Waals surface area contributed by atoms with Crippen molar-refractivity contribution in [3.8, 4) is 11.8 Å². The maximum atomic E-state index is 4.18. The fraction of sp³-hybridized carbons (Fsp3) is 0.250. The SMILES string of the molecule is SCCC#Cc1ccc2c3c(cccc13)CC2. The number of aryl methyl sites for hydroxylation is 2. The highest BCUT2D eigenvalue weighted by Crippen LogP contribution is 2.32. The van der Waals surface area contributed by atoms with Crippen molar-refractivity contribution in [2.24, 2.45) is 0 Å². The van der Waals surface area contributed by atoms with E-state index in [1.165, 1.54) is 34.7 Å². The second-order valence-corrected chi connectivity index (χ2v) is 4.83. The average Bonchev–Trinajstić information content (AvgIpc) is 2.78. The molecule has 0 amide bonds. The number of hydrogen-bond donors (Lipinski definition) is 1. The summed E-state index contributed by atoms with van der Waals surface area (Å²) >= 11 is 4.18. The van der Waals surface area contributed by atoms with E-state index in [0.29, 0.717) is 0 Å². The molecule has 0 saturated heterocycles. The molecule has 2 aromatic carbocycles. The smallest absolute Gasteiger partial charge is 0.0324 e. The van der Waals surface area contributed by atoms with E-state index in [4.69, 9.17) is 0 Å². The topological polar surface area (TPSA) is 0 Å². The van der Waals surface area contributed by atoms with E-state index in [1.807, 2.05) is 0 Å². The van der Waals surface area contributed by atoms with Gasteiger partial charge in [0.15, 0.2) is 0 Å². The van der Waals surface area contributed by atoms with Gasteiger partial charge < -0.3 is 0 Å². The second kappa shape index (κ2) is 4.47. The first-order valence-electron chi connectivity index (χ1n) is 6.03. The van der Waals surface area contributed by atoms with E-state index in [-0.39, 0.29) is 0 Å². The van der Waals surface area contributed by atoms with Crippen LogP contribution >= 0.6 is 12.6 Å². The molecule has 1 heteroatoms. The van der Waals surface area contributed by atoms with Crippen LogP contribution in [0, 0.1) is 11.8 Å². The lowest BCUT2D eigenvalue weighted by Gasteiger charge is -2.03. The van der Waals surface area contributed by atoms with Crippen LogP contribution in [0.2, 0.25) is 0 Å². The van der Waals surface area contributed by atoms with Gasteiger partial charge in [-0.2, -0.15) is 12.6 Å². The Morgan fingerprint density at radius 3 is 2.71 bits per heavy atom. The number of hydrogen-bond acceptors (Lipinski definition) is 1. The highest BCUT2D eigenvalue weighted by molar-refractivity contribution is 7.80. The molecule has 0 radical (unpaired) electrons. The van der Waals surface area contributed by atoms with Gasteiger partial charge in [-0.3, -0.25) is 0 Å². The van der Waals surface area contributed by atoms with Crippen molar-refractivity contribution in [3.05, 3.63) is 47.0 Å². The molecule has 2 aromatic rings. The molecule has 0 spiro atoms. The normalized spacial score (nSPS) is 12.5. The summed E-state index contributed by atoms with van der Waals surface area (Å²) in [6.07, 6.45) is 3.21. The number of thiol groups is 1. The van der Waals surface area contributed by atoms with Gasteiger partial charge in [-0.25, -0.2) is 0 Å². The Balaban J connectivity index is 2.19. The fourth-order valence-corrected chi connectivity index (χ4v) is 2.68. The summed E-state index contributed by atoms with van der Waals surface area (Å²) in [6.45, 7) is 0. The zero-order valence-electron chi connectivity index (χ0n) is 9.66. The molecule has 0 saturated carbocycles. The third kappa shape index (κ3) is 1.83. The average molecular weight is 238 g/mol. The van der Waals surface area contributed by atoms with Gasteiger partial charge in [-0.05, 0) is 40.8 Å². The molecule has 0 bridgehead atoms. The minimum atomic E-state index is 0.828. The summed E-state index contributed by atoms with van der Waals surface area (Å²) in [4.78, 5) is 0. The monoisotopic (exact) mass is 238 g/mol. The predicted octanol–water partition coefficient (Wildman–Crippen LogP) is 3.61. The minimum Gasteiger partial charge on any atom is -0.178 e. The summed E-state index contributed by atoms with van der Waals surface area (Å²) in [5, 5.41) is 2.77. The van der Waals surface area contributed by atoms with E-state index in [0.717, 1.165) is 17.7 Å². The van der Waals surface area contributed by atoms with Crippen molar-refractivity contribution in [1.82, 2.24) is 0 Å². The highest BCUT2D eigenvalue weighted by atomic mass is 32.1. The molecule has 0 heterocycles. The van der Waals surface area contributed by atoms with Crippen LogP contribution < -0.4 is 0 Å². The Morgan fingerprint density at radius 2 is 1.88 bits per heavy atom. The lowest BCUT2D eigenvalue weighted by Crippen LogP contribution is -1.84. The van der Waals surface area contributed by atoms with Crippen molar-refractivity contribution in [2.75, 3.05) is 5.75 Å². The fourth-order valence-electron chi connectivity index (χ4n) is 2.57. The molecule has 1 aliphatic rings. The summed E-state index contributed by atoms with van der Waals surface area (Å²) in [7, 11) is 0. The van der Waals surface area contributed by atoms with Crippen molar-refractivity contribution >= 4 is 23.4 Å².